The molecule has 0 spiro atoms. The van der Waals surface area contributed by atoms with Crippen molar-refractivity contribution in [2.75, 3.05) is 6.61 Å². The van der Waals surface area contributed by atoms with E-state index in [9.17, 15) is 9.90 Å². The second-order valence-electron chi connectivity index (χ2n) is 7.84. The van der Waals surface area contributed by atoms with Crippen LogP contribution in [-0.2, 0) is 28.9 Å². The quantitative estimate of drug-likeness (QED) is 0.317. The predicted octanol–water partition coefficient (Wildman–Crippen LogP) is 4.14. The molecule has 2 aromatic heterocycles. The molecule has 178 valence electrons. The number of rotatable bonds is 13. The number of aliphatic carboxylic acids is 1. The molecule has 0 aliphatic carbocycles. The summed E-state index contributed by atoms with van der Waals surface area (Å²) in [6.45, 7) is 6.28. The fourth-order valence-corrected chi connectivity index (χ4v) is 3.93. The number of aryl methyl sites for hydroxylation is 2. The Morgan fingerprint density at radius 2 is 2.06 bits per heavy atom. The number of aliphatic hydroxyl groups excluding tert-OH is 1. The van der Waals surface area contributed by atoms with Crippen molar-refractivity contribution in [1.82, 2.24) is 10.3 Å². The number of hydrogen-bond donors (Lipinski definition) is 3. The SMILES string of the molecule is Cc1oc(-c2cccs2)nc1CCOc1ccc(CCC(=O)O)c(CNC(O)OC(C)C)c1. The van der Waals surface area contributed by atoms with Crippen LogP contribution in [0.25, 0.3) is 10.8 Å². The summed E-state index contributed by atoms with van der Waals surface area (Å²) in [7, 11) is 0. The van der Waals surface area contributed by atoms with E-state index in [0.717, 1.165) is 27.5 Å². The maximum atomic E-state index is 11.0. The van der Waals surface area contributed by atoms with E-state index >= 15 is 0 Å². The van der Waals surface area contributed by atoms with Crippen molar-refractivity contribution in [2.24, 2.45) is 0 Å². The average Bonchev–Trinajstić information content (AvgIpc) is 3.41. The molecule has 0 saturated heterocycles. The molecule has 1 aromatic carbocycles. The molecule has 3 N–H and O–H groups in total. The van der Waals surface area contributed by atoms with Crippen molar-refractivity contribution in [3.05, 3.63) is 58.3 Å². The lowest BCUT2D eigenvalue weighted by atomic mass is 10.0. The third-order valence-electron chi connectivity index (χ3n) is 4.89. The lowest BCUT2D eigenvalue weighted by Gasteiger charge is -2.18. The molecule has 0 amide bonds. The van der Waals surface area contributed by atoms with Crippen LogP contribution in [0.5, 0.6) is 5.75 Å². The second kappa shape index (κ2) is 11.9. The Morgan fingerprint density at radius 1 is 1.24 bits per heavy atom. The number of hydrogen-bond acceptors (Lipinski definition) is 8. The molecular weight excluding hydrogens is 444 g/mol. The molecule has 3 aromatic rings. The third-order valence-corrected chi connectivity index (χ3v) is 5.74. The lowest BCUT2D eigenvalue weighted by Crippen LogP contribution is -2.33. The number of benzene rings is 1. The molecule has 1 unspecified atom stereocenters. The van der Waals surface area contributed by atoms with Gasteiger partial charge in [0.15, 0.2) is 0 Å². The van der Waals surface area contributed by atoms with Crippen LogP contribution in [0.3, 0.4) is 0 Å². The van der Waals surface area contributed by atoms with E-state index in [1.807, 2.05) is 56.5 Å². The Kier molecular flexibility index (Phi) is 9.02. The maximum absolute atomic E-state index is 11.0. The van der Waals surface area contributed by atoms with E-state index in [-0.39, 0.29) is 12.5 Å². The van der Waals surface area contributed by atoms with Crippen molar-refractivity contribution in [3.8, 4) is 16.5 Å². The van der Waals surface area contributed by atoms with Crippen LogP contribution in [-0.4, -0.2) is 40.3 Å². The molecule has 0 aliphatic heterocycles. The Hall–Kier alpha value is -2.72. The van der Waals surface area contributed by atoms with Crippen LogP contribution in [0, 0.1) is 6.92 Å². The van der Waals surface area contributed by atoms with Crippen molar-refractivity contribution >= 4 is 17.3 Å². The number of nitrogens with one attached hydrogen (secondary N) is 1. The smallest absolute Gasteiger partial charge is 0.303 e. The van der Waals surface area contributed by atoms with Gasteiger partial charge in [-0.3, -0.25) is 10.1 Å². The summed E-state index contributed by atoms with van der Waals surface area (Å²) in [6, 6.07) is 9.48. The van der Waals surface area contributed by atoms with Gasteiger partial charge in [0.05, 0.1) is 23.3 Å². The number of oxazole rings is 1. The predicted molar refractivity (Wildman–Crippen MR) is 125 cm³/mol. The Morgan fingerprint density at radius 3 is 2.76 bits per heavy atom. The highest BCUT2D eigenvalue weighted by atomic mass is 32.1. The van der Waals surface area contributed by atoms with E-state index in [1.165, 1.54) is 0 Å². The van der Waals surface area contributed by atoms with Gasteiger partial charge in [0, 0.05) is 19.4 Å². The van der Waals surface area contributed by atoms with Gasteiger partial charge in [-0.1, -0.05) is 12.1 Å². The molecule has 0 aliphatic rings. The van der Waals surface area contributed by atoms with Crippen LogP contribution < -0.4 is 10.1 Å². The zero-order valence-corrected chi connectivity index (χ0v) is 19.9. The van der Waals surface area contributed by atoms with Crippen LogP contribution in [0.15, 0.2) is 40.1 Å². The Balaban J connectivity index is 1.63. The topological polar surface area (TPSA) is 114 Å². The molecule has 1 atom stereocenters. The average molecular weight is 475 g/mol. The number of aliphatic hydroxyl groups is 1. The number of carbonyl (C=O) groups is 1. The summed E-state index contributed by atoms with van der Waals surface area (Å²) < 4.78 is 17.0. The van der Waals surface area contributed by atoms with Crippen LogP contribution in [0.1, 0.15) is 42.8 Å². The molecule has 0 saturated carbocycles. The van der Waals surface area contributed by atoms with E-state index in [2.05, 4.69) is 10.3 Å². The summed E-state index contributed by atoms with van der Waals surface area (Å²) in [5, 5.41) is 23.9. The fraction of sp³-hybridized carbons (Fsp3) is 0.417. The van der Waals surface area contributed by atoms with Crippen molar-refractivity contribution in [3.63, 3.8) is 0 Å². The zero-order valence-electron chi connectivity index (χ0n) is 19.0. The highest BCUT2D eigenvalue weighted by Crippen LogP contribution is 2.26. The number of thiophene rings is 1. The normalized spacial score (nSPS) is 12.3. The number of ether oxygens (including phenoxy) is 2. The highest BCUT2D eigenvalue weighted by molar-refractivity contribution is 7.13. The number of nitrogens with zero attached hydrogens (tertiary/aromatic N) is 1. The van der Waals surface area contributed by atoms with Crippen LogP contribution in [0.2, 0.25) is 0 Å². The first-order valence-electron chi connectivity index (χ1n) is 10.8. The van der Waals surface area contributed by atoms with Gasteiger partial charge in [-0.15, -0.1) is 11.3 Å². The van der Waals surface area contributed by atoms with Crippen molar-refractivity contribution in [1.29, 1.82) is 0 Å². The molecular formula is C24H30N2O6S. The number of carboxylic acid groups (broad SMARTS) is 1. The molecule has 2 heterocycles. The molecule has 0 fully saturated rings. The van der Waals surface area contributed by atoms with Gasteiger partial charge in [0.2, 0.25) is 12.3 Å². The van der Waals surface area contributed by atoms with E-state index < -0.39 is 12.4 Å². The molecule has 8 nitrogen and oxygen atoms in total. The van der Waals surface area contributed by atoms with Gasteiger partial charge >= 0.3 is 5.97 Å². The minimum atomic E-state index is -1.12. The van der Waals surface area contributed by atoms with Crippen LogP contribution in [0.4, 0.5) is 0 Å². The van der Waals surface area contributed by atoms with Gasteiger partial charge < -0.3 is 24.1 Å². The molecule has 3 rings (SSSR count). The summed E-state index contributed by atoms with van der Waals surface area (Å²) in [5.74, 6) is 1.19. The van der Waals surface area contributed by atoms with E-state index in [1.54, 1.807) is 11.3 Å². The van der Waals surface area contributed by atoms with Gasteiger partial charge in [-0.05, 0) is 61.9 Å². The Bertz CT molecular complexity index is 1030. The van der Waals surface area contributed by atoms with Gasteiger partial charge in [-0.25, -0.2) is 4.98 Å². The first-order valence-corrected chi connectivity index (χ1v) is 11.7. The Labute approximate surface area is 197 Å². The molecule has 9 heteroatoms. The second-order valence-corrected chi connectivity index (χ2v) is 8.79. The van der Waals surface area contributed by atoms with E-state index in [0.29, 0.717) is 37.6 Å². The summed E-state index contributed by atoms with van der Waals surface area (Å²) in [4.78, 5) is 16.6. The highest BCUT2D eigenvalue weighted by Gasteiger charge is 2.13. The molecule has 0 bridgehead atoms. The zero-order chi connectivity index (χ0) is 23.8. The number of aromatic nitrogens is 1. The standard InChI is InChI=1S/C24H30N2O6S/c1-15(2)31-24(29)25-14-18-13-19(8-6-17(18)7-9-22(27)28)30-11-10-20-16(3)32-23(26-20)21-5-4-12-33-21/h4-6,8,12-13,15,24-25,29H,7,9-11,14H2,1-3H3,(H,27,28). The first-order chi connectivity index (χ1) is 15.8. The first kappa shape index (κ1) is 24.9. The minimum Gasteiger partial charge on any atom is -0.493 e. The summed E-state index contributed by atoms with van der Waals surface area (Å²) in [6.07, 6.45) is -0.243. The lowest BCUT2D eigenvalue weighted by molar-refractivity contribution is -0.145. The van der Waals surface area contributed by atoms with Crippen molar-refractivity contribution < 1.29 is 28.9 Å². The van der Waals surface area contributed by atoms with Gasteiger partial charge in [-0.2, -0.15) is 0 Å². The van der Waals surface area contributed by atoms with Crippen molar-refractivity contribution in [2.45, 2.75) is 59.1 Å². The molecule has 33 heavy (non-hydrogen) atoms. The minimum absolute atomic E-state index is 0.0241. The summed E-state index contributed by atoms with van der Waals surface area (Å²) in [5.41, 5.74) is 2.58. The molecule has 0 radical (unpaired) electrons. The van der Waals surface area contributed by atoms with Gasteiger partial charge in [0.1, 0.15) is 11.5 Å². The third kappa shape index (κ3) is 7.68. The fourth-order valence-electron chi connectivity index (χ4n) is 3.28. The largest absolute Gasteiger partial charge is 0.493 e. The monoisotopic (exact) mass is 474 g/mol. The van der Waals surface area contributed by atoms with Crippen LogP contribution >= 0.6 is 11.3 Å². The van der Waals surface area contributed by atoms with E-state index in [4.69, 9.17) is 19.0 Å². The maximum Gasteiger partial charge on any atom is 0.303 e. The number of carboxylic acids is 1. The van der Waals surface area contributed by atoms with Gasteiger partial charge in [0.25, 0.3) is 0 Å². The summed E-state index contributed by atoms with van der Waals surface area (Å²) >= 11 is 1.58.